The second kappa shape index (κ2) is 4.20. The van der Waals surface area contributed by atoms with E-state index in [4.69, 9.17) is 0 Å². The number of rotatable bonds is 2. The summed E-state index contributed by atoms with van der Waals surface area (Å²) in [5.41, 5.74) is 2.14. The first-order valence-electron chi connectivity index (χ1n) is 5.81. The molecule has 3 rings (SSSR count). The predicted octanol–water partition coefficient (Wildman–Crippen LogP) is 2.76. The number of non-ortho nitro benzene ring substituents is 1. The van der Waals surface area contributed by atoms with Crippen molar-refractivity contribution in [1.82, 2.24) is 0 Å². The molecule has 0 fully saturated rings. The Morgan fingerprint density at radius 2 is 1.89 bits per heavy atom. The van der Waals surface area contributed by atoms with Gasteiger partial charge in [0.1, 0.15) is 0 Å². The van der Waals surface area contributed by atoms with E-state index in [0.29, 0.717) is 17.8 Å². The molecule has 2 aromatic carbocycles. The van der Waals surface area contributed by atoms with E-state index in [1.54, 1.807) is 23.1 Å². The molecule has 1 amide bonds. The highest BCUT2D eigenvalue weighted by atomic mass is 16.6. The zero-order valence-corrected chi connectivity index (χ0v) is 9.95. The van der Waals surface area contributed by atoms with Crippen molar-refractivity contribution in [1.29, 1.82) is 0 Å². The Bertz CT molecular complexity index is 682. The summed E-state index contributed by atoms with van der Waals surface area (Å²) in [7, 11) is 0. The zero-order chi connectivity index (χ0) is 13.4. The zero-order valence-electron chi connectivity index (χ0n) is 9.95. The van der Waals surface area contributed by atoms with Gasteiger partial charge in [-0.1, -0.05) is 24.3 Å². The number of carbonyl (C=O) groups is 1. The highest BCUT2D eigenvalue weighted by molar-refractivity contribution is 6.10. The van der Waals surface area contributed by atoms with Crippen LogP contribution in [0.1, 0.15) is 15.9 Å². The molecular formula is C14H10N2O3. The molecule has 1 aliphatic rings. The molecule has 0 aromatic heterocycles. The minimum Gasteiger partial charge on any atom is -0.304 e. The Morgan fingerprint density at radius 3 is 2.63 bits per heavy atom. The van der Waals surface area contributed by atoms with Gasteiger partial charge in [-0.3, -0.25) is 14.9 Å². The van der Waals surface area contributed by atoms with Crippen LogP contribution in [0.5, 0.6) is 0 Å². The molecule has 0 radical (unpaired) electrons. The van der Waals surface area contributed by atoms with Gasteiger partial charge >= 0.3 is 0 Å². The average molecular weight is 254 g/mol. The van der Waals surface area contributed by atoms with E-state index < -0.39 is 4.92 Å². The van der Waals surface area contributed by atoms with Gasteiger partial charge in [-0.15, -0.1) is 0 Å². The summed E-state index contributed by atoms with van der Waals surface area (Å²) in [4.78, 5) is 24.1. The number of hydrogen-bond donors (Lipinski definition) is 0. The second-order valence-electron chi connectivity index (χ2n) is 4.33. The fourth-order valence-electron chi connectivity index (χ4n) is 2.24. The Morgan fingerprint density at radius 1 is 1.11 bits per heavy atom. The van der Waals surface area contributed by atoms with Crippen molar-refractivity contribution in [2.24, 2.45) is 0 Å². The first kappa shape index (κ1) is 11.4. The van der Waals surface area contributed by atoms with Crippen LogP contribution in [-0.2, 0) is 6.54 Å². The summed E-state index contributed by atoms with van der Waals surface area (Å²) in [5, 5.41) is 10.8. The van der Waals surface area contributed by atoms with Gasteiger partial charge in [0.05, 0.1) is 17.2 Å². The third-order valence-corrected chi connectivity index (χ3v) is 3.17. The highest BCUT2D eigenvalue weighted by Gasteiger charge is 2.28. The van der Waals surface area contributed by atoms with Crippen molar-refractivity contribution >= 4 is 17.3 Å². The maximum Gasteiger partial charge on any atom is 0.271 e. The largest absolute Gasteiger partial charge is 0.304 e. The van der Waals surface area contributed by atoms with Crippen molar-refractivity contribution in [3.8, 4) is 0 Å². The number of fused-ring (bicyclic) bond motifs is 1. The lowest BCUT2D eigenvalue weighted by Gasteiger charge is -2.15. The number of hydrogen-bond acceptors (Lipinski definition) is 3. The van der Waals surface area contributed by atoms with E-state index in [2.05, 4.69) is 0 Å². The second-order valence-corrected chi connectivity index (χ2v) is 4.33. The molecule has 0 bridgehead atoms. The number of carbonyl (C=O) groups excluding carboxylic acids is 1. The van der Waals surface area contributed by atoms with E-state index in [1.807, 2.05) is 18.2 Å². The molecule has 0 saturated carbocycles. The number of benzene rings is 2. The van der Waals surface area contributed by atoms with Crippen molar-refractivity contribution in [2.75, 3.05) is 4.90 Å². The molecular weight excluding hydrogens is 244 g/mol. The summed E-state index contributed by atoms with van der Waals surface area (Å²) in [6.07, 6.45) is 0. The Labute approximate surface area is 109 Å². The lowest BCUT2D eigenvalue weighted by atomic mass is 10.1. The molecule has 5 heteroatoms. The fourth-order valence-corrected chi connectivity index (χ4v) is 2.24. The first-order chi connectivity index (χ1) is 9.16. The van der Waals surface area contributed by atoms with E-state index in [9.17, 15) is 14.9 Å². The predicted molar refractivity (Wildman–Crippen MR) is 70.1 cm³/mol. The molecule has 1 aliphatic heterocycles. The molecule has 5 nitrogen and oxygen atoms in total. The molecule has 2 aromatic rings. The summed E-state index contributed by atoms with van der Waals surface area (Å²) in [6.45, 7) is 0.455. The molecule has 0 saturated heterocycles. The monoisotopic (exact) mass is 254 g/mol. The number of anilines is 1. The van der Waals surface area contributed by atoms with Crippen LogP contribution < -0.4 is 4.90 Å². The summed E-state index contributed by atoms with van der Waals surface area (Å²) < 4.78 is 0. The lowest BCUT2D eigenvalue weighted by Crippen LogP contribution is -2.22. The lowest BCUT2D eigenvalue weighted by molar-refractivity contribution is -0.384. The van der Waals surface area contributed by atoms with Crippen LogP contribution in [0.3, 0.4) is 0 Å². The standard InChI is InChI=1S/C14H10N2O3/c17-14-13-7-2-1-4-10(13)9-15(14)11-5-3-6-12(8-11)16(18)19/h1-8H,9H2. The van der Waals surface area contributed by atoms with Crippen LogP contribution in [0.4, 0.5) is 11.4 Å². The summed E-state index contributed by atoms with van der Waals surface area (Å²) in [5.74, 6) is -0.115. The minimum absolute atomic E-state index is 0.0127. The Hall–Kier alpha value is -2.69. The Balaban J connectivity index is 2.00. The van der Waals surface area contributed by atoms with Gasteiger partial charge < -0.3 is 4.90 Å². The van der Waals surface area contributed by atoms with Gasteiger partial charge in [-0.25, -0.2) is 0 Å². The third kappa shape index (κ3) is 1.85. The van der Waals surface area contributed by atoms with Crippen molar-refractivity contribution in [3.05, 3.63) is 69.8 Å². The van der Waals surface area contributed by atoms with Gasteiger partial charge in [0, 0.05) is 17.7 Å². The van der Waals surface area contributed by atoms with E-state index in [-0.39, 0.29) is 11.6 Å². The van der Waals surface area contributed by atoms with Gasteiger partial charge in [0.25, 0.3) is 11.6 Å². The van der Waals surface area contributed by atoms with E-state index >= 15 is 0 Å². The van der Waals surface area contributed by atoms with Crippen LogP contribution in [0.2, 0.25) is 0 Å². The molecule has 1 heterocycles. The van der Waals surface area contributed by atoms with Crippen LogP contribution in [0, 0.1) is 10.1 Å². The maximum atomic E-state index is 12.2. The van der Waals surface area contributed by atoms with Gasteiger partial charge in [0.2, 0.25) is 0 Å². The van der Waals surface area contributed by atoms with Gasteiger partial charge in [-0.2, -0.15) is 0 Å². The molecule has 19 heavy (non-hydrogen) atoms. The van der Waals surface area contributed by atoms with Crippen LogP contribution in [0.15, 0.2) is 48.5 Å². The number of nitro groups is 1. The average Bonchev–Trinajstić information content (AvgIpc) is 2.77. The quantitative estimate of drug-likeness (QED) is 0.611. The van der Waals surface area contributed by atoms with Gasteiger partial charge in [-0.05, 0) is 17.7 Å². The number of nitro benzene ring substituents is 1. The third-order valence-electron chi connectivity index (χ3n) is 3.17. The van der Waals surface area contributed by atoms with Gasteiger partial charge in [0.15, 0.2) is 0 Å². The molecule has 0 unspecified atom stereocenters. The van der Waals surface area contributed by atoms with Crippen molar-refractivity contribution in [2.45, 2.75) is 6.54 Å². The molecule has 94 valence electrons. The molecule has 0 N–H and O–H groups in total. The van der Waals surface area contributed by atoms with E-state index in [0.717, 1.165) is 5.56 Å². The van der Waals surface area contributed by atoms with Crippen LogP contribution in [0.25, 0.3) is 0 Å². The number of nitrogens with zero attached hydrogens (tertiary/aromatic N) is 2. The SMILES string of the molecule is O=C1c2ccccc2CN1c1cccc([N+](=O)[O-])c1. The molecule has 0 aliphatic carbocycles. The van der Waals surface area contributed by atoms with Crippen LogP contribution in [-0.4, -0.2) is 10.8 Å². The number of amides is 1. The summed E-state index contributed by atoms with van der Waals surface area (Å²) >= 11 is 0. The van der Waals surface area contributed by atoms with Crippen LogP contribution >= 0.6 is 0 Å². The van der Waals surface area contributed by atoms with E-state index in [1.165, 1.54) is 12.1 Å². The maximum absolute atomic E-state index is 12.2. The fraction of sp³-hybridized carbons (Fsp3) is 0.0714. The highest BCUT2D eigenvalue weighted by Crippen LogP contribution is 2.29. The first-order valence-corrected chi connectivity index (χ1v) is 5.81. The van der Waals surface area contributed by atoms with Crippen molar-refractivity contribution < 1.29 is 9.72 Å². The van der Waals surface area contributed by atoms with Crippen molar-refractivity contribution in [3.63, 3.8) is 0 Å². The molecule has 0 atom stereocenters. The summed E-state index contributed by atoms with van der Waals surface area (Å²) in [6, 6.07) is 13.5. The minimum atomic E-state index is -0.461. The topological polar surface area (TPSA) is 63.5 Å². The smallest absolute Gasteiger partial charge is 0.271 e. The molecule has 0 spiro atoms. The normalized spacial score (nSPS) is 13.5. The Kier molecular flexibility index (Phi) is 2.52.